The maximum absolute atomic E-state index is 6.46. The molecule has 1 fully saturated rings. The normalized spacial score (nSPS) is 16.1. The Kier molecular flexibility index (Phi) is 5.53. The van der Waals surface area contributed by atoms with E-state index in [0.717, 1.165) is 52.2 Å². The van der Waals surface area contributed by atoms with Gasteiger partial charge in [-0.25, -0.2) is 9.97 Å². The van der Waals surface area contributed by atoms with Gasteiger partial charge in [-0.3, -0.25) is 9.98 Å². The van der Waals surface area contributed by atoms with Crippen LogP contribution in [-0.4, -0.2) is 60.6 Å². The van der Waals surface area contributed by atoms with Gasteiger partial charge in [-0.2, -0.15) is 0 Å². The highest BCUT2D eigenvalue weighted by Crippen LogP contribution is 2.36. The number of ether oxygens (including phenoxy) is 2. The van der Waals surface area contributed by atoms with Gasteiger partial charge in [0.1, 0.15) is 10.8 Å². The molecular weight excluding hydrogens is 414 g/mol. The zero-order valence-electron chi connectivity index (χ0n) is 17.2. The number of pyridine rings is 3. The molecule has 0 unspecified atom stereocenters. The van der Waals surface area contributed by atoms with E-state index >= 15 is 0 Å². The molecule has 1 saturated heterocycles. The summed E-state index contributed by atoms with van der Waals surface area (Å²) >= 11 is 6.46. The number of hydrogen-bond acceptors (Lipinski definition) is 7. The fourth-order valence-electron chi connectivity index (χ4n) is 3.88. The molecule has 8 heteroatoms. The molecule has 5 heterocycles. The van der Waals surface area contributed by atoms with Gasteiger partial charge in [0.15, 0.2) is 0 Å². The molecule has 31 heavy (non-hydrogen) atoms. The minimum Gasteiger partial charge on any atom is -0.477 e. The van der Waals surface area contributed by atoms with E-state index in [2.05, 4.69) is 25.9 Å². The highest BCUT2D eigenvalue weighted by Gasteiger charge is 2.20. The zero-order chi connectivity index (χ0) is 21.2. The van der Waals surface area contributed by atoms with E-state index in [1.165, 1.54) is 0 Å². The predicted octanol–water partition coefficient (Wildman–Crippen LogP) is 4.05. The summed E-state index contributed by atoms with van der Waals surface area (Å²) < 4.78 is 11.0. The molecule has 2 aliphatic rings. The van der Waals surface area contributed by atoms with Crippen LogP contribution in [0.15, 0.2) is 41.7 Å². The van der Waals surface area contributed by atoms with Crippen molar-refractivity contribution in [3.8, 4) is 17.0 Å². The standard InChI is InChI=1S/C23H22ClN5O2/c1-2-31-23-19(24)11-16(14-27-23)18-12-20(29-7-9-30-10-8-29)28-22-17(18)4-6-26-21(22)15-3-5-25-13-15/h3-6,11-12,14H,2,7-10,13H2,1H3. The third kappa shape index (κ3) is 3.86. The van der Waals surface area contributed by atoms with Crippen LogP contribution in [0.5, 0.6) is 5.88 Å². The summed E-state index contributed by atoms with van der Waals surface area (Å²) in [5.74, 6) is 1.33. The van der Waals surface area contributed by atoms with E-state index < -0.39 is 0 Å². The first-order valence-electron chi connectivity index (χ1n) is 10.3. The molecule has 5 rings (SSSR count). The SMILES string of the molecule is CCOc1ncc(-c2cc(N3CCOCC3)nc3c(C4=CC=NC4)nccc23)cc1Cl. The van der Waals surface area contributed by atoms with Crippen LogP contribution in [0, 0.1) is 0 Å². The number of halogens is 1. The molecule has 0 saturated carbocycles. The highest BCUT2D eigenvalue weighted by molar-refractivity contribution is 6.32. The molecule has 3 aromatic rings. The fourth-order valence-corrected chi connectivity index (χ4v) is 4.10. The van der Waals surface area contributed by atoms with Crippen LogP contribution in [-0.2, 0) is 4.74 Å². The van der Waals surface area contributed by atoms with Gasteiger partial charge in [0, 0.05) is 48.2 Å². The Hall–Kier alpha value is -3.03. The molecule has 0 aliphatic carbocycles. The number of hydrogen-bond donors (Lipinski definition) is 0. The summed E-state index contributed by atoms with van der Waals surface area (Å²) in [6.07, 6.45) is 7.44. The van der Waals surface area contributed by atoms with Crippen molar-refractivity contribution < 1.29 is 9.47 Å². The molecule has 2 aliphatic heterocycles. The zero-order valence-corrected chi connectivity index (χ0v) is 18.0. The van der Waals surface area contributed by atoms with Crippen LogP contribution < -0.4 is 9.64 Å². The third-order valence-corrected chi connectivity index (χ3v) is 5.67. The van der Waals surface area contributed by atoms with E-state index in [1.54, 1.807) is 6.20 Å². The smallest absolute Gasteiger partial charge is 0.232 e. The van der Waals surface area contributed by atoms with Crippen molar-refractivity contribution in [2.24, 2.45) is 4.99 Å². The van der Waals surface area contributed by atoms with E-state index in [1.807, 2.05) is 37.5 Å². The van der Waals surface area contributed by atoms with Gasteiger partial charge in [0.2, 0.25) is 5.88 Å². The van der Waals surface area contributed by atoms with E-state index in [-0.39, 0.29) is 0 Å². The predicted molar refractivity (Wildman–Crippen MR) is 123 cm³/mol. The van der Waals surface area contributed by atoms with Crippen molar-refractivity contribution in [1.82, 2.24) is 15.0 Å². The van der Waals surface area contributed by atoms with Crippen molar-refractivity contribution in [1.29, 1.82) is 0 Å². The van der Waals surface area contributed by atoms with Crippen molar-refractivity contribution in [3.05, 3.63) is 47.4 Å². The third-order valence-electron chi connectivity index (χ3n) is 5.40. The number of nitrogens with zero attached hydrogens (tertiary/aromatic N) is 5. The van der Waals surface area contributed by atoms with Gasteiger partial charge in [-0.05, 0) is 36.8 Å². The Labute approximate surface area is 185 Å². The number of allylic oxidation sites excluding steroid dienone is 1. The molecule has 0 bridgehead atoms. The van der Waals surface area contributed by atoms with Crippen LogP contribution in [0.3, 0.4) is 0 Å². The van der Waals surface area contributed by atoms with Gasteiger partial charge in [-0.15, -0.1) is 0 Å². The van der Waals surface area contributed by atoms with Gasteiger partial charge < -0.3 is 14.4 Å². The van der Waals surface area contributed by atoms with E-state index in [0.29, 0.717) is 37.3 Å². The number of rotatable bonds is 5. The van der Waals surface area contributed by atoms with Crippen LogP contribution in [0.4, 0.5) is 5.82 Å². The Morgan fingerprint density at radius 3 is 2.81 bits per heavy atom. The number of anilines is 1. The first-order valence-corrected chi connectivity index (χ1v) is 10.7. The summed E-state index contributed by atoms with van der Waals surface area (Å²) in [5.41, 5.74) is 4.68. The summed E-state index contributed by atoms with van der Waals surface area (Å²) in [4.78, 5) is 20.7. The van der Waals surface area contributed by atoms with E-state index in [4.69, 9.17) is 26.1 Å². The maximum atomic E-state index is 6.46. The van der Waals surface area contributed by atoms with Crippen LogP contribution >= 0.6 is 11.6 Å². The quantitative estimate of drug-likeness (QED) is 0.602. The summed E-state index contributed by atoms with van der Waals surface area (Å²) in [6.45, 7) is 5.99. The molecular formula is C23H22ClN5O2. The lowest BCUT2D eigenvalue weighted by Gasteiger charge is -2.28. The largest absolute Gasteiger partial charge is 0.477 e. The highest BCUT2D eigenvalue weighted by atomic mass is 35.5. The average Bonchev–Trinajstić information content (AvgIpc) is 3.35. The molecule has 0 N–H and O–H groups in total. The maximum Gasteiger partial charge on any atom is 0.232 e. The molecule has 3 aromatic heterocycles. The lowest BCUT2D eigenvalue weighted by molar-refractivity contribution is 0.122. The topological polar surface area (TPSA) is 72.7 Å². The minimum atomic E-state index is 0.440. The molecule has 0 spiro atoms. The van der Waals surface area contributed by atoms with Gasteiger partial charge in [-0.1, -0.05) is 11.6 Å². The second kappa shape index (κ2) is 8.61. The van der Waals surface area contributed by atoms with Crippen LogP contribution in [0.1, 0.15) is 12.6 Å². The molecule has 158 valence electrons. The Bertz CT molecular complexity index is 1190. The number of fused-ring (bicyclic) bond motifs is 1. The first kappa shape index (κ1) is 19.9. The van der Waals surface area contributed by atoms with Crippen molar-refractivity contribution in [3.63, 3.8) is 0 Å². The van der Waals surface area contributed by atoms with Crippen molar-refractivity contribution in [2.45, 2.75) is 6.92 Å². The van der Waals surface area contributed by atoms with Crippen molar-refractivity contribution in [2.75, 3.05) is 44.4 Å². The van der Waals surface area contributed by atoms with Crippen molar-refractivity contribution >= 4 is 40.1 Å². The van der Waals surface area contributed by atoms with Crippen LogP contribution in [0.2, 0.25) is 5.02 Å². The van der Waals surface area contributed by atoms with E-state index in [9.17, 15) is 0 Å². The Morgan fingerprint density at radius 1 is 1.19 bits per heavy atom. The summed E-state index contributed by atoms with van der Waals surface area (Å²) in [7, 11) is 0. The number of aliphatic imine (C=N–C) groups is 1. The molecule has 0 radical (unpaired) electrons. The molecule has 7 nitrogen and oxygen atoms in total. The Balaban J connectivity index is 1.70. The summed E-state index contributed by atoms with van der Waals surface area (Å²) in [5, 5.41) is 1.48. The molecule has 0 aromatic carbocycles. The molecule has 0 amide bonds. The van der Waals surface area contributed by atoms with Crippen LogP contribution in [0.25, 0.3) is 27.6 Å². The lowest BCUT2D eigenvalue weighted by atomic mass is 10.0. The molecule has 0 atom stereocenters. The second-order valence-electron chi connectivity index (χ2n) is 7.31. The number of morpholine rings is 1. The monoisotopic (exact) mass is 435 g/mol. The van der Waals surface area contributed by atoms with Gasteiger partial charge in [0.05, 0.1) is 37.6 Å². The Morgan fingerprint density at radius 2 is 2.06 bits per heavy atom. The fraction of sp³-hybridized carbons (Fsp3) is 0.304. The lowest BCUT2D eigenvalue weighted by Crippen LogP contribution is -2.36. The first-order chi connectivity index (χ1) is 15.2. The van der Waals surface area contributed by atoms with Gasteiger partial charge in [0.25, 0.3) is 0 Å². The van der Waals surface area contributed by atoms with Gasteiger partial charge >= 0.3 is 0 Å². The average molecular weight is 436 g/mol. The minimum absolute atomic E-state index is 0.440. The number of aromatic nitrogens is 3. The second-order valence-corrected chi connectivity index (χ2v) is 7.72. The summed E-state index contributed by atoms with van der Waals surface area (Å²) in [6, 6.07) is 5.99.